The summed E-state index contributed by atoms with van der Waals surface area (Å²) in [6.45, 7) is 1.79. The van der Waals surface area contributed by atoms with Gasteiger partial charge in [-0.05, 0) is 55.3 Å². The summed E-state index contributed by atoms with van der Waals surface area (Å²) in [6, 6.07) is 12.4. The molecule has 1 atom stereocenters. The summed E-state index contributed by atoms with van der Waals surface area (Å²) in [5.74, 6) is 0.188. The predicted octanol–water partition coefficient (Wildman–Crippen LogP) is 2.96. The zero-order chi connectivity index (χ0) is 15.5. The molecule has 0 aromatic heterocycles. The van der Waals surface area contributed by atoms with Crippen molar-refractivity contribution in [1.82, 2.24) is 4.72 Å². The van der Waals surface area contributed by atoms with Crippen molar-refractivity contribution >= 4 is 21.6 Å². The number of phenolic OH excluding ortho intramolecular Hbond substituents is 1. The molecule has 0 radical (unpaired) electrons. The van der Waals surface area contributed by atoms with Crippen molar-refractivity contribution in [3.63, 3.8) is 0 Å². The maximum Gasteiger partial charge on any atom is 0.240 e. The van der Waals surface area contributed by atoms with E-state index in [-0.39, 0.29) is 16.7 Å². The molecule has 2 N–H and O–H groups in total. The topological polar surface area (TPSA) is 66.4 Å². The molecule has 0 aliphatic carbocycles. The van der Waals surface area contributed by atoms with Crippen LogP contribution >= 0.6 is 11.6 Å². The number of hydrogen-bond donors (Lipinski definition) is 2. The third-order valence-corrected chi connectivity index (χ3v) is 4.82. The number of halogens is 1. The number of hydrogen-bond acceptors (Lipinski definition) is 3. The Labute approximate surface area is 129 Å². The second kappa shape index (κ2) is 6.47. The maximum absolute atomic E-state index is 12.2. The Morgan fingerprint density at radius 1 is 1.10 bits per heavy atom. The van der Waals surface area contributed by atoms with Crippen molar-refractivity contribution in [2.75, 3.05) is 0 Å². The summed E-state index contributed by atoms with van der Waals surface area (Å²) >= 11 is 5.75. The minimum atomic E-state index is -3.56. The van der Waals surface area contributed by atoms with Gasteiger partial charge in [-0.15, -0.1) is 0 Å². The molecule has 6 heteroatoms. The van der Waals surface area contributed by atoms with Gasteiger partial charge in [-0.3, -0.25) is 0 Å². The Morgan fingerprint density at radius 3 is 2.24 bits per heavy atom. The highest BCUT2D eigenvalue weighted by molar-refractivity contribution is 7.89. The molecular formula is C15H16ClNO3S. The van der Waals surface area contributed by atoms with Gasteiger partial charge >= 0.3 is 0 Å². The third kappa shape index (κ3) is 4.46. The Hall–Kier alpha value is -1.56. The molecule has 2 aromatic rings. The van der Waals surface area contributed by atoms with Crippen LogP contribution in [-0.4, -0.2) is 19.6 Å². The minimum absolute atomic E-state index is 0.185. The molecule has 0 heterocycles. The van der Waals surface area contributed by atoms with Crippen LogP contribution in [0.4, 0.5) is 0 Å². The fourth-order valence-corrected chi connectivity index (χ4v) is 3.34. The fraction of sp³-hybridized carbons (Fsp3) is 0.200. The first kappa shape index (κ1) is 15.8. The van der Waals surface area contributed by atoms with Crippen LogP contribution in [0.15, 0.2) is 53.4 Å². The lowest BCUT2D eigenvalue weighted by Crippen LogP contribution is -2.34. The van der Waals surface area contributed by atoms with Gasteiger partial charge in [0.15, 0.2) is 0 Å². The van der Waals surface area contributed by atoms with Crippen LogP contribution in [0, 0.1) is 0 Å². The molecule has 0 aliphatic rings. The molecule has 0 fully saturated rings. The van der Waals surface area contributed by atoms with E-state index in [2.05, 4.69) is 4.72 Å². The molecule has 0 spiro atoms. The molecule has 0 saturated carbocycles. The van der Waals surface area contributed by atoms with Crippen molar-refractivity contribution in [3.8, 4) is 5.75 Å². The lowest BCUT2D eigenvalue weighted by molar-refractivity contribution is 0.475. The number of phenols is 1. The molecule has 0 bridgehead atoms. The molecule has 0 amide bonds. The van der Waals surface area contributed by atoms with E-state index in [9.17, 15) is 13.5 Å². The average molecular weight is 326 g/mol. The quantitative estimate of drug-likeness (QED) is 0.888. The highest BCUT2D eigenvalue weighted by atomic mass is 35.5. The minimum Gasteiger partial charge on any atom is -0.508 e. The van der Waals surface area contributed by atoms with Gasteiger partial charge in [-0.2, -0.15) is 0 Å². The summed E-state index contributed by atoms with van der Waals surface area (Å²) in [5, 5.41) is 9.72. The second-order valence-electron chi connectivity index (χ2n) is 4.85. The molecule has 0 saturated heterocycles. The second-order valence-corrected chi connectivity index (χ2v) is 7.00. The molecule has 4 nitrogen and oxygen atoms in total. The fourth-order valence-electron chi connectivity index (χ4n) is 1.97. The Kier molecular flexibility index (Phi) is 4.88. The van der Waals surface area contributed by atoms with Crippen molar-refractivity contribution in [2.24, 2.45) is 0 Å². The number of nitrogens with one attached hydrogen (secondary N) is 1. The van der Waals surface area contributed by atoms with Crippen LogP contribution in [0.3, 0.4) is 0 Å². The molecule has 2 aromatic carbocycles. The molecule has 1 unspecified atom stereocenters. The van der Waals surface area contributed by atoms with Crippen LogP contribution in [0.1, 0.15) is 12.5 Å². The summed E-state index contributed by atoms with van der Waals surface area (Å²) < 4.78 is 27.0. The van der Waals surface area contributed by atoms with Gasteiger partial charge in [0.1, 0.15) is 5.75 Å². The van der Waals surface area contributed by atoms with E-state index in [0.717, 1.165) is 5.56 Å². The summed E-state index contributed by atoms with van der Waals surface area (Å²) in [4.78, 5) is 0.185. The number of aromatic hydroxyl groups is 1. The largest absolute Gasteiger partial charge is 0.508 e. The number of sulfonamides is 1. The van der Waals surface area contributed by atoms with Gasteiger partial charge in [0.2, 0.25) is 10.0 Å². The Morgan fingerprint density at radius 2 is 1.67 bits per heavy atom. The predicted molar refractivity (Wildman–Crippen MR) is 83.0 cm³/mol. The first-order valence-electron chi connectivity index (χ1n) is 6.42. The first-order chi connectivity index (χ1) is 9.87. The van der Waals surface area contributed by atoms with Crippen LogP contribution in [0.2, 0.25) is 5.02 Å². The molecule has 0 aliphatic heterocycles. The van der Waals surface area contributed by atoms with Gasteiger partial charge in [0.25, 0.3) is 0 Å². The third-order valence-electron chi connectivity index (χ3n) is 2.96. The molecule has 112 valence electrons. The van der Waals surface area contributed by atoms with Crippen molar-refractivity contribution in [2.45, 2.75) is 24.3 Å². The monoisotopic (exact) mass is 325 g/mol. The zero-order valence-corrected chi connectivity index (χ0v) is 13.0. The Bertz CT molecular complexity index is 697. The van der Waals surface area contributed by atoms with Gasteiger partial charge in [-0.1, -0.05) is 23.7 Å². The van der Waals surface area contributed by atoms with E-state index < -0.39 is 10.0 Å². The van der Waals surface area contributed by atoms with Gasteiger partial charge in [-0.25, -0.2) is 13.1 Å². The van der Waals surface area contributed by atoms with Crippen LogP contribution in [0.25, 0.3) is 0 Å². The van der Waals surface area contributed by atoms with Crippen LogP contribution in [-0.2, 0) is 16.4 Å². The standard InChI is InChI=1S/C15H16ClNO3S/c1-11(10-12-2-6-14(18)7-3-12)17-21(19,20)15-8-4-13(16)5-9-15/h2-9,11,17-18H,10H2,1H3. The first-order valence-corrected chi connectivity index (χ1v) is 8.29. The highest BCUT2D eigenvalue weighted by Crippen LogP contribution is 2.15. The smallest absolute Gasteiger partial charge is 0.240 e. The summed E-state index contributed by atoms with van der Waals surface area (Å²) in [5.41, 5.74) is 0.944. The lowest BCUT2D eigenvalue weighted by atomic mass is 10.1. The van der Waals surface area contributed by atoms with Gasteiger partial charge in [0, 0.05) is 11.1 Å². The van der Waals surface area contributed by atoms with Gasteiger partial charge < -0.3 is 5.11 Å². The summed E-state index contributed by atoms with van der Waals surface area (Å²) in [6.07, 6.45) is 0.535. The lowest BCUT2D eigenvalue weighted by Gasteiger charge is -2.14. The van der Waals surface area contributed by atoms with E-state index in [4.69, 9.17) is 11.6 Å². The molecule has 2 rings (SSSR count). The highest BCUT2D eigenvalue weighted by Gasteiger charge is 2.17. The van der Waals surface area contributed by atoms with E-state index in [0.29, 0.717) is 11.4 Å². The molecular weight excluding hydrogens is 310 g/mol. The normalized spacial score (nSPS) is 13.0. The van der Waals surface area contributed by atoms with Crippen molar-refractivity contribution in [3.05, 3.63) is 59.1 Å². The van der Waals surface area contributed by atoms with E-state index >= 15 is 0 Å². The average Bonchev–Trinajstić information content (AvgIpc) is 2.41. The van der Waals surface area contributed by atoms with Crippen LogP contribution < -0.4 is 4.72 Å². The van der Waals surface area contributed by atoms with Crippen LogP contribution in [0.5, 0.6) is 5.75 Å². The van der Waals surface area contributed by atoms with Crippen molar-refractivity contribution < 1.29 is 13.5 Å². The summed E-state index contributed by atoms with van der Waals surface area (Å²) in [7, 11) is -3.56. The van der Waals surface area contributed by atoms with E-state index in [1.807, 2.05) is 0 Å². The SMILES string of the molecule is CC(Cc1ccc(O)cc1)NS(=O)(=O)c1ccc(Cl)cc1. The molecule has 21 heavy (non-hydrogen) atoms. The van der Waals surface area contributed by atoms with E-state index in [1.165, 1.54) is 12.1 Å². The van der Waals surface area contributed by atoms with Crippen molar-refractivity contribution in [1.29, 1.82) is 0 Å². The zero-order valence-electron chi connectivity index (χ0n) is 11.5. The number of rotatable bonds is 5. The maximum atomic E-state index is 12.2. The van der Waals surface area contributed by atoms with Gasteiger partial charge in [0.05, 0.1) is 4.90 Å². The number of benzene rings is 2. The Balaban J connectivity index is 2.05. The van der Waals surface area contributed by atoms with E-state index in [1.54, 1.807) is 43.3 Å².